The topological polar surface area (TPSA) is 78.0 Å². The van der Waals surface area contributed by atoms with Crippen LogP contribution in [0.2, 0.25) is 0 Å². The third-order valence-corrected chi connectivity index (χ3v) is 1.85. The van der Waals surface area contributed by atoms with Crippen LogP contribution in [0.3, 0.4) is 0 Å². The molecule has 0 aliphatic carbocycles. The largest absolute Gasteiger partial charge is 0.329 e. The van der Waals surface area contributed by atoms with Crippen LogP contribution in [0, 0.1) is 0 Å². The molecule has 0 amide bonds. The first-order valence-electron chi connectivity index (χ1n) is 3.85. The minimum absolute atomic E-state index is 0.341. The summed E-state index contributed by atoms with van der Waals surface area (Å²) in [5, 5.41) is 0. The van der Waals surface area contributed by atoms with Crippen LogP contribution >= 0.6 is 0 Å². The summed E-state index contributed by atoms with van der Waals surface area (Å²) < 4.78 is 1.62. The van der Waals surface area contributed by atoms with Crippen LogP contribution in [0.4, 0.5) is 0 Å². The molecule has 1 aromatic rings. The lowest BCUT2D eigenvalue weighted by Crippen LogP contribution is -2.25. The Hall–Kier alpha value is -1.49. The molecule has 13 heavy (non-hydrogen) atoms. The van der Waals surface area contributed by atoms with Crippen molar-refractivity contribution >= 4 is 12.6 Å². The standard InChI is InChI=1S/C8H11N3O2/c1-11-7(2-6(9)4-12)3-10-8(11)5-13/h3-6H,2,9H2,1H3/t6-/m0/s1. The van der Waals surface area contributed by atoms with E-state index >= 15 is 0 Å². The summed E-state index contributed by atoms with van der Waals surface area (Å²) in [7, 11) is 1.71. The van der Waals surface area contributed by atoms with Crippen molar-refractivity contribution in [3.63, 3.8) is 0 Å². The van der Waals surface area contributed by atoms with Crippen molar-refractivity contribution in [1.29, 1.82) is 0 Å². The number of rotatable bonds is 4. The van der Waals surface area contributed by atoms with Gasteiger partial charge in [-0.25, -0.2) is 4.98 Å². The number of nitrogens with two attached hydrogens (primary N) is 1. The van der Waals surface area contributed by atoms with Gasteiger partial charge >= 0.3 is 0 Å². The second-order valence-electron chi connectivity index (χ2n) is 2.79. The van der Waals surface area contributed by atoms with Crippen molar-refractivity contribution in [3.05, 3.63) is 17.7 Å². The van der Waals surface area contributed by atoms with E-state index in [1.165, 1.54) is 0 Å². The van der Waals surface area contributed by atoms with E-state index in [0.717, 1.165) is 5.69 Å². The molecule has 0 aromatic carbocycles. The molecule has 0 saturated carbocycles. The number of hydrogen-bond acceptors (Lipinski definition) is 4. The Labute approximate surface area is 75.6 Å². The number of nitrogens with zero attached hydrogens (tertiary/aromatic N) is 2. The van der Waals surface area contributed by atoms with Crippen molar-refractivity contribution in [2.45, 2.75) is 12.5 Å². The summed E-state index contributed by atoms with van der Waals surface area (Å²) in [6.07, 6.45) is 3.29. The fraction of sp³-hybridized carbons (Fsp3) is 0.375. The zero-order valence-corrected chi connectivity index (χ0v) is 7.30. The molecule has 1 aromatic heterocycles. The highest BCUT2D eigenvalue weighted by Gasteiger charge is 2.08. The van der Waals surface area contributed by atoms with Crippen LogP contribution in [0.15, 0.2) is 6.20 Å². The highest BCUT2D eigenvalue weighted by Crippen LogP contribution is 2.02. The number of aldehydes is 2. The molecule has 0 saturated heterocycles. The van der Waals surface area contributed by atoms with Gasteiger partial charge in [0, 0.05) is 25.4 Å². The van der Waals surface area contributed by atoms with E-state index in [0.29, 0.717) is 24.8 Å². The maximum absolute atomic E-state index is 10.4. The first-order chi connectivity index (χ1) is 6.19. The summed E-state index contributed by atoms with van der Waals surface area (Å²) in [4.78, 5) is 24.5. The lowest BCUT2D eigenvalue weighted by molar-refractivity contribution is -0.108. The van der Waals surface area contributed by atoms with E-state index in [1.54, 1.807) is 17.8 Å². The van der Waals surface area contributed by atoms with Crippen molar-refractivity contribution in [3.8, 4) is 0 Å². The average molecular weight is 181 g/mol. The third kappa shape index (κ3) is 2.00. The van der Waals surface area contributed by atoms with Gasteiger partial charge in [-0.05, 0) is 0 Å². The summed E-state index contributed by atoms with van der Waals surface area (Å²) in [5.41, 5.74) is 6.21. The van der Waals surface area contributed by atoms with Crippen molar-refractivity contribution in [2.75, 3.05) is 0 Å². The number of hydrogen-bond donors (Lipinski definition) is 1. The molecular formula is C8H11N3O2. The van der Waals surface area contributed by atoms with Crippen molar-refractivity contribution in [2.24, 2.45) is 12.8 Å². The predicted molar refractivity (Wildman–Crippen MR) is 46.3 cm³/mol. The van der Waals surface area contributed by atoms with Gasteiger partial charge in [-0.15, -0.1) is 0 Å². The van der Waals surface area contributed by atoms with Gasteiger partial charge in [0.15, 0.2) is 12.1 Å². The molecule has 1 atom stereocenters. The van der Waals surface area contributed by atoms with Gasteiger partial charge in [-0.3, -0.25) is 4.79 Å². The maximum Gasteiger partial charge on any atom is 0.185 e. The van der Waals surface area contributed by atoms with Gasteiger partial charge in [0.25, 0.3) is 0 Å². The maximum atomic E-state index is 10.4. The van der Waals surface area contributed by atoms with E-state index in [1.807, 2.05) is 0 Å². The number of imidazole rings is 1. The van der Waals surface area contributed by atoms with Gasteiger partial charge in [0.1, 0.15) is 6.29 Å². The van der Waals surface area contributed by atoms with Crippen LogP contribution in [-0.4, -0.2) is 28.2 Å². The Morgan fingerprint density at radius 3 is 2.85 bits per heavy atom. The van der Waals surface area contributed by atoms with Gasteiger partial charge < -0.3 is 15.1 Å². The first-order valence-corrected chi connectivity index (χ1v) is 3.85. The lowest BCUT2D eigenvalue weighted by atomic mass is 10.2. The van der Waals surface area contributed by atoms with Crippen molar-refractivity contribution in [1.82, 2.24) is 9.55 Å². The highest BCUT2D eigenvalue weighted by atomic mass is 16.1. The van der Waals surface area contributed by atoms with Crippen LogP contribution in [0.1, 0.15) is 16.3 Å². The second kappa shape index (κ2) is 3.95. The third-order valence-electron chi connectivity index (χ3n) is 1.85. The molecule has 5 heteroatoms. The minimum Gasteiger partial charge on any atom is -0.329 e. The van der Waals surface area contributed by atoms with Crippen LogP contribution in [-0.2, 0) is 18.3 Å². The molecule has 0 spiro atoms. The molecule has 1 heterocycles. The number of carbonyl (C=O) groups is 2. The Morgan fingerprint density at radius 1 is 1.69 bits per heavy atom. The molecule has 5 nitrogen and oxygen atoms in total. The molecule has 0 aliphatic heterocycles. The molecule has 0 unspecified atom stereocenters. The summed E-state index contributed by atoms with van der Waals surface area (Å²) in [5.74, 6) is 0.341. The van der Waals surface area contributed by atoms with Gasteiger partial charge in [0.2, 0.25) is 0 Å². The minimum atomic E-state index is -0.532. The van der Waals surface area contributed by atoms with E-state index in [-0.39, 0.29) is 0 Å². The molecular weight excluding hydrogens is 170 g/mol. The Morgan fingerprint density at radius 2 is 2.38 bits per heavy atom. The predicted octanol–water partition coefficient (Wildman–Crippen LogP) is -0.699. The average Bonchev–Trinajstić information content (AvgIpc) is 2.48. The highest BCUT2D eigenvalue weighted by molar-refractivity contribution is 5.69. The Bertz CT molecular complexity index is 319. The van der Waals surface area contributed by atoms with E-state index in [9.17, 15) is 9.59 Å². The zero-order chi connectivity index (χ0) is 9.84. The van der Waals surface area contributed by atoms with E-state index in [4.69, 9.17) is 5.73 Å². The molecule has 0 aliphatic rings. The molecule has 2 N–H and O–H groups in total. The summed E-state index contributed by atoms with van der Waals surface area (Å²) in [6.45, 7) is 0. The zero-order valence-electron chi connectivity index (χ0n) is 7.30. The SMILES string of the molecule is Cn1c(C[C@H](N)C=O)cnc1C=O. The summed E-state index contributed by atoms with van der Waals surface area (Å²) >= 11 is 0. The molecule has 70 valence electrons. The Balaban J connectivity index is 2.83. The Kier molecular flexibility index (Phi) is 2.92. The number of carbonyl (C=O) groups excluding carboxylic acids is 2. The fourth-order valence-electron chi connectivity index (χ4n) is 1.05. The van der Waals surface area contributed by atoms with Crippen molar-refractivity contribution < 1.29 is 9.59 Å². The quantitative estimate of drug-likeness (QED) is 0.623. The van der Waals surface area contributed by atoms with Crippen LogP contribution in [0.5, 0.6) is 0 Å². The number of aromatic nitrogens is 2. The fourth-order valence-corrected chi connectivity index (χ4v) is 1.05. The van der Waals surface area contributed by atoms with Gasteiger partial charge in [-0.1, -0.05) is 0 Å². The lowest BCUT2D eigenvalue weighted by Gasteiger charge is -2.04. The van der Waals surface area contributed by atoms with E-state index in [2.05, 4.69) is 4.98 Å². The first kappa shape index (κ1) is 9.60. The second-order valence-corrected chi connectivity index (χ2v) is 2.79. The normalized spacial score (nSPS) is 12.5. The summed E-state index contributed by atoms with van der Waals surface area (Å²) in [6, 6.07) is -0.532. The van der Waals surface area contributed by atoms with E-state index < -0.39 is 6.04 Å². The molecule has 0 radical (unpaired) electrons. The van der Waals surface area contributed by atoms with Crippen LogP contribution < -0.4 is 5.73 Å². The molecule has 0 bridgehead atoms. The van der Waals surface area contributed by atoms with Crippen LogP contribution in [0.25, 0.3) is 0 Å². The van der Waals surface area contributed by atoms with Gasteiger partial charge in [0.05, 0.1) is 6.04 Å². The monoisotopic (exact) mass is 181 g/mol. The molecule has 0 fully saturated rings. The smallest absolute Gasteiger partial charge is 0.185 e. The van der Waals surface area contributed by atoms with Gasteiger partial charge in [-0.2, -0.15) is 0 Å². The molecule has 1 rings (SSSR count).